The second kappa shape index (κ2) is 7.25. The number of rotatable bonds is 6. The fourth-order valence-corrected chi connectivity index (χ4v) is 2.50. The number of phenolic OH excluding ortho intramolecular Hbond substituents is 1. The third kappa shape index (κ3) is 3.15. The lowest BCUT2D eigenvalue weighted by Gasteiger charge is -2.17. The van der Waals surface area contributed by atoms with Crippen molar-refractivity contribution in [2.45, 2.75) is 39.2 Å². The third-order valence-electron chi connectivity index (χ3n) is 3.73. The van der Waals surface area contributed by atoms with Crippen LogP contribution in [0.1, 0.15) is 43.5 Å². The van der Waals surface area contributed by atoms with Crippen molar-refractivity contribution in [3.8, 4) is 17.2 Å². The van der Waals surface area contributed by atoms with E-state index < -0.39 is 23.1 Å². The topological polar surface area (TPSA) is 106 Å². The summed E-state index contributed by atoms with van der Waals surface area (Å²) in [6, 6.07) is 2.47. The first-order valence-electron chi connectivity index (χ1n) is 7.71. The molecule has 0 saturated heterocycles. The van der Waals surface area contributed by atoms with Crippen molar-refractivity contribution in [2.75, 3.05) is 7.11 Å². The Hall–Kier alpha value is -2.70. The molecule has 1 aromatic carbocycles. The van der Waals surface area contributed by atoms with E-state index in [0.717, 1.165) is 13.5 Å². The monoisotopic (exact) mass is 336 g/mol. The zero-order valence-corrected chi connectivity index (χ0v) is 13.8. The van der Waals surface area contributed by atoms with Gasteiger partial charge in [-0.2, -0.15) is 0 Å². The molecule has 7 heteroatoms. The molecular weight excluding hydrogens is 316 g/mol. The Kier molecular flexibility index (Phi) is 5.33. The Morgan fingerprint density at radius 1 is 1.29 bits per heavy atom. The first-order chi connectivity index (χ1) is 11.4. The summed E-state index contributed by atoms with van der Waals surface area (Å²) in [7, 11) is 1.14. The second-order valence-electron chi connectivity index (χ2n) is 5.33. The predicted molar refractivity (Wildman–Crippen MR) is 86.8 cm³/mol. The molecule has 0 bridgehead atoms. The van der Waals surface area contributed by atoms with Gasteiger partial charge in [-0.15, -0.1) is 0 Å². The summed E-state index contributed by atoms with van der Waals surface area (Å²) in [6.07, 6.45) is 1.89. The molecule has 7 nitrogen and oxygen atoms in total. The van der Waals surface area contributed by atoms with Crippen molar-refractivity contribution in [3.05, 3.63) is 28.1 Å². The number of esters is 1. The van der Waals surface area contributed by atoms with Crippen LogP contribution in [0.25, 0.3) is 11.0 Å². The van der Waals surface area contributed by atoms with Crippen LogP contribution in [-0.4, -0.2) is 29.4 Å². The Bertz CT molecular complexity index is 807. The highest BCUT2D eigenvalue weighted by Gasteiger charge is 2.25. The van der Waals surface area contributed by atoms with Gasteiger partial charge in [0.05, 0.1) is 18.6 Å². The van der Waals surface area contributed by atoms with E-state index in [-0.39, 0.29) is 28.4 Å². The molecule has 0 spiro atoms. The quantitative estimate of drug-likeness (QED) is 0.617. The van der Waals surface area contributed by atoms with Gasteiger partial charge in [0.1, 0.15) is 16.9 Å². The molecule has 2 rings (SSSR count). The summed E-state index contributed by atoms with van der Waals surface area (Å²) in [4.78, 5) is 24.0. The van der Waals surface area contributed by atoms with Crippen molar-refractivity contribution >= 4 is 16.9 Å². The number of fused-ring (bicyclic) bond motifs is 1. The standard InChI is InChI=1S/C17H20O7/c1-4-6-9(5-2)23-15-14(19)13-11(24-17(15)21)8-7-10(18)12(13)16(20)22-3/h7-9,18-19H,4-6H2,1-3H3. The first kappa shape index (κ1) is 17.7. The summed E-state index contributed by atoms with van der Waals surface area (Å²) in [5.74, 6) is -2.19. The van der Waals surface area contributed by atoms with Crippen LogP contribution >= 0.6 is 0 Å². The summed E-state index contributed by atoms with van der Waals surface area (Å²) in [5, 5.41) is 20.3. The maximum Gasteiger partial charge on any atom is 0.383 e. The highest BCUT2D eigenvalue weighted by molar-refractivity contribution is 6.08. The van der Waals surface area contributed by atoms with Crippen molar-refractivity contribution < 1.29 is 28.9 Å². The zero-order chi connectivity index (χ0) is 17.9. The van der Waals surface area contributed by atoms with Gasteiger partial charge in [0.25, 0.3) is 0 Å². The molecule has 1 atom stereocenters. The van der Waals surface area contributed by atoms with Crippen molar-refractivity contribution in [1.82, 2.24) is 0 Å². The largest absolute Gasteiger partial charge is 0.507 e. The number of ether oxygens (including phenoxy) is 2. The van der Waals surface area contributed by atoms with Crippen LogP contribution in [0.15, 0.2) is 21.3 Å². The average molecular weight is 336 g/mol. The minimum atomic E-state index is -0.867. The number of phenols is 1. The van der Waals surface area contributed by atoms with E-state index in [1.165, 1.54) is 12.1 Å². The maximum absolute atomic E-state index is 12.1. The lowest BCUT2D eigenvalue weighted by molar-refractivity contribution is 0.0599. The predicted octanol–water partition coefficient (Wildman–Crippen LogP) is 2.95. The first-order valence-corrected chi connectivity index (χ1v) is 7.71. The number of carbonyl (C=O) groups is 1. The molecule has 0 aliphatic carbocycles. The SMILES string of the molecule is CCCC(CC)Oc1c(O)c2c(C(=O)OC)c(O)ccc2oc1=O. The van der Waals surface area contributed by atoms with E-state index >= 15 is 0 Å². The molecule has 0 fully saturated rings. The molecule has 2 aromatic rings. The minimum Gasteiger partial charge on any atom is -0.507 e. The van der Waals surface area contributed by atoms with Gasteiger partial charge in [-0.25, -0.2) is 9.59 Å². The number of carbonyl (C=O) groups excluding carboxylic acids is 1. The van der Waals surface area contributed by atoms with Gasteiger partial charge >= 0.3 is 11.6 Å². The molecule has 1 unspecified atom stereocenters. The van der Waals surface area contributed by atoms with E-state index in [4.69, 9.17) is 9.15 Å². The number of aromatic hydroxyl groups is 2. The van der Waals surface area contributed by atoms with Gasteiger partial charge in [0.2, 0.25) is 5.75 Å². The molecule has 24 heavy (non-hydrogen) atoms. The van der Waals surface area contributed by atoms with Gasteiger partial charge < -0.3 is 24.1 Å². The van der Waals surface area contributed by atoms with E-state index in [0.29, 0.717) is 12.8 Å². The van der Waals surface area contributed by atoms with Crippen molar-refractivity contribution in [2.24, 2.45) is 0 Å². The Morgan fingerprint density at radius 3 is 2.58 bits per heavy atom. The molecule has 0 radical (unpaired) electrons. The molecule has 2 N–H and O–H groups in total. The van der Waals surface area contributed by atoms with Gasteiger partial charge in [-0.1, -0.05) is 20.3 Å². The Labute approximate surface area is 138 Å². The van der Waals surface area contributed by atoms with Crippen LogP contribution < -0.4 is 10.4 Å². The van der Waals surface area contributed by atoms with Crippen LogP contribution in [0.3, 0.4) is 0 Å². The molecule has 0 aliphatic heterocycles. The smallest absolute Gasteiger partial charge is 0.383 e. The molecule has 1 aromatic heterocycles. The fourth-order valence-electron chi connectivity index (χ4n) is 2.50. The van der Waals surface area contributed by atoms with E-state index in [2.05, 4.69) is 4.74 Å². The van der Waals surface area contributed by atoms with Crippen LogP contribution in [0.5, 0.6) is 17.2 Å². The molecule has 130 valence electrons. The average Bonchev–Trinajstić information content (AvgIpc) is 2.57. The Morgan fingerprint density at radius 2 is 2.00 bits per heavy atom. The lowest BCUT2D eigenvalue weighted by atomic mass is 10.1. The third-order valence-corrected chi connectivity index (χ3v) is 3.73. The van der Waals surface area contributed by atoms with E-state index in [1.807, 2.05) is 13.8 Å². The minimum absolute atomic E-state index is 0.0495. The van der Waals surface area contributed by atoms with Crippen molar-refractivity contribution in [1.29, 1.82) is 0 Å². The molecule has 0 amide bonds. The number of benzene rings is 1. The van der Waals surface area contributed by atoms with Crippen LogP contribution in [0.2, 0.25) is 0 Å². The van der Waals surface area contributed by atoms with Crippen LogP contribution in [-0.2, 0) is 4.74 Å². The number of hydrogen-bond donors (Lipinski definition) is 2. The zero-order valence-electron chi connectivity index (χ0n) is 13.8. The molecule has 0 saturated carbocycles. The van der Waals surface area contributed by atoms with Crippen molar-refractivity contribution in [3.63, 3.8) is 0 Å². The number of methoxy groups -OCH3 is 1. The van der Waals surface area contributed by atoms with E-state index in [9.17, 15) is 19.8 Å². The highest BCUT2D eigenvalue weighted by atomic mass is 16.5. The normalized spacial score (nSPS) is 12.1. The summed E-state index contributed by atoms with van der Waals surface area (Å²) < 4.78 is 15.3. The molecule has 1 heterocycles. The summed E-state index contributed by atoms with van der Waals surface area (Å²) in [6.45, 7) is 3.87. The fraction of sp³-hybridized carbons (Fsp3) is 0.412. The summed E-state index contributed by atoms with van der Waals surface area (Å²) >= 11 is 0. The summed E-state index contributed by atoms with van der Waals surface area (Å²) in [5.41, 5.74) is -1.19. The maximum atomic E-state index is 12.1. The van der Waals surface area contributed by atoms with Gasteiger partial charge in [0, 0.05) is 0 Å². The second-order valence-corrected chi connectivity index (χ2v) is 5.33. The lowest BCUT2D eigenvalue weighted by Crippen LogP contribution is -2.19. The van der Waals surface area contributed by atoms with Gasteiger partial charge in [0.15, 0.2) is 5.75 Å². The van der Waals surface area contributed by atoms with Gasteiger partial charge in [-0.3, -0.25) is 0 Å². The Balaban J connectivity index is 2.70. The van der Waals surface area contributed by atoms with E-state index in [1.54, 1.807) is 0 Å². The highest BCUT2D eigenvalue weighted by Crippen LogP contribution is 2.38. The van der Waals surface area contributed by atoms with Crippen LogP contribution in [0, 0.1) is 0 Å². The molecular formula is C17H20O7. The van der Waals surface area contributed by atoms with Gasteiger partial charge in [-0.05, 0) is 25.0 Å². The number of hydrogen-bond acceptors (Lipinski definition) is 7. The van der Waals surface area contributed by atoms with Crippen LogP contribution in [0.4, 0.5) is 0 Å². The molecule has 0 aliphatic rings.